The number of hydrogen-bond donors (Lipinski definition) is 1. The molecule has 0 heterocycles. The van der Waals surface area contributed by atoms with E-state index in [-0.39, 0.29) is 11.6 Å². The Hall–Kier alpha value is -0.960. The summed E-state index contributed by atoms with van der Waals surface area (Å²) in [7, 11) is 1.74. The molecule has 1 aromatic rings. The molecule has 0 aliphatic heterocycles. The fourth-order valence-electron chi connectivity index (χ4n) is 1.88. The zero-order valence-electron chi connectivity index (χ0n) is 9.89. The smallest absolute Gasteiger partial charge is 0.130 e. The first-order valence-corrected chi connectivity index (χ1v) is 5.81. The third-order valence-corrected chi connectivity index (χ3v) is 2.79. The van der Waals surface area contributed by atoms with Gasteiger partial charge in [-0.15, -0.1) is 0 Å². The summed E-state index contributed by atoms with van der Waals surface area (Å²) in [5.74, 6) is -0.924. The van der Waals surface area contributed by atoms with Gasteiger partial charge in [0.1, 0.15) is 11.6 Å². The van der Waals surface area contributed by atoms with E-state index in [0.717, 1.165) is 25.7 Å². The van der Waals surface area contributed by atoms with Gasteiger partial charge in [-0.05, 0) is 25.6 Å². The molecule has 1 nitrogen and oxygen atoms in total. The fraction of sp³-hybridized carbons (Fsp3) is 0.538. The molecule has 0 amide bonds. The molecular weight excluding hydrogens is 208 g/mol. The lowest BCUT2D eigenvalue weighted by Crippen LogP contribution is -2.19. The molecule has 0 aliphatic rings. The Morgan fingerprint density at radius 1 is 1.19 bits per heavy atom. The number of hydrogen-bond acceptors (Lipinski definition) is 1. The van der Waals surface area contributed by atoms with Crippen molar-refractivity contribution in [3.8, 4) is 0 Å². The van der Waals surface area contributed by atoms with Gasteiger partial charge < -0.3 is 5.32 Å². The maximum absolute atomic E-state index is 13.5. The van der Waals surface area contributed by atoms with E-state index in [4.69, 9.17) is 0 Å². The highest BCUT2D eigenvalue weighted by atomic mass is 19.1. The molecule has 1 unspecified atom stereocenters. The molecule has 0 spiro atoms. The molecule has 0 aliphatic carbocycles. The van der Waals surface area contributed by atoms with Crippen LogP contribution in [0, 0.1) is 11.6 Å². The van der Waals surface area contributed by atoms with Crippen molar-refractivity contribution in [2.45, 2.75) is 38.6 Å². The van der Waals surface area contributed by atoms with E-state index in [0.29, 0.717) is 0 Å². The molecule has 3 heteroatoms. The lowest BCUT2D eigenvalue weighted by molar-refractivity contribution is 0.455. The van der Waals surface area contributed by atoms with Crippen LogP contribution < -0.4 is 5.32 Å². The Kier molecular flexibility index (Phi) is 5.39. The van der Waals surface area contributed by atoms with Crippen LogP contribution in [0.4, 0.5) is 8.78 Å². The van der Waals surface area contributed by atoms with E-state index < -0.39 is 11.6 Å². The minimum atomic E-state index is -0.462. The van der Waals surface area contributed by atoms with Crippen LogP contribution in [0.2, 0.25) is 0 Å². The van der Waals surface area contributed by atoms with Gasteiger partial charge in [0.2, 0.25) is 0 Å². The average molecular weight is 227 g/mol. The van der Waals surface area contributed by atoms with Crippen LogP contribution in [0.15, 0.2) is 18.2 Å². The Balaban J connectivity index is 2.78. The Bertz CT molecular complexity index is 305. The van der Waals surface area contributed by atoms with E-state index in [1.807, 2.05) is 0 Å². The Morgan fingerprint density at radius 3 is 2.31 bits per heavy atom. The largest absolute Gasteiger partial charge is 0.313 e. The topological polar surface area (TPSA) is 12.0 Å². The molecule has 0 saturated heterocycles. The van der Waals surface area contributed by atoms with Gasteiger partial charge in [-0.3, -0.25) is 0 Å². The summed E-state index contributed by atoms with van der Waals surface area (Å²) in [5.41, 5.74) is 0.168. The normalized spacial score (nSPS) is 12.8. The van der Waals surface area contributed by atoms with Crippen LogP contribution in [0.5, 0.6) is 0 Å². The van der Waals surface area contributed by atoms with Crippen LogP contribution in [-0.4, -0.2) is 7.05 Å². The molecular formula is C13H19F2N. The van der Waals surface area contributed by atoms with Crippen molar-refractivity contribution >= 4 is 0 Å². The van der Waals surface area contributed by atoms with Gasteiger partial charge in [0.25, 0.3) is 0 Å². The summed E-state index contributed by atoms with van der Waals surface area (Å²) in [4.78, 5) is 0. The highest BCUT2D eigenvalue weighted by molar-refractivity contribution is 5.23. The maximum Gasteiger partial charge on any atom is 0.130 e. The van der Waals surface area contributed by atoms with Crippen LogP contribution in [0.3, 0.4) is 0 Å². The SMILES string of the molecule is CCCCCC(NC)c1c(F)cccc1F. The summed E-state index contributed by atoms with van der Waals surface area (Å²) in [6, 6.07) is 3.78. The van der Waals surface area contributed by atoms with Crippen molar-refractivity contribution in [1.82, 2.24) is 5.32 Å². The van der Waals surface area contributed by atoms with Crippen LogP contribution in [0.1, 0.15) is 44.2 Å². The van der Waals surface area contributed by atoms with Crippen molar-refractivity contribution in [1.29, 1.82) is 0 Å². The third-order valence-electron chi connectivity index (χ3n) is 2.79. The highest BCUT2D eigenvalue weighted by Gasteiger charge is 2.17. The molecule has 90 valence electrons. The molecule has 0 aromatic heterocycles. The molecule has 0 saturated carbocycles. The Morgan fingerprint density at radius 2 is 1.81 bits per heavy atom. The van der Waals surface area contributed by atoms with Gasteiger partial charge >= 0.3 is 0 Å². The van der Waals surface area contributed by atoms with Crippen molar-refractivity contribution in [2.75, 3.05) is 7.05 Å². The van der Waals surface area contributed by atoms with Gasteiger partial charge in [-0.25, -0.2) is 8.78 Å². The van der Waals surface area contributed by atoms with Gasteiger partial charge in [0.15, 0.2) is 0 Å². The second-order valence-corrected chi connectivity index (χ2v) is 3.97. The number of nitrogens with one attached hydrogen (secondary N) is 1. The predicted molar refractivity (Wildman–Crippen MR) is 62.3 cm³/mol. The minimum absolute atomic E-state index is 0.168. The predicted octanol–water partition coefficient (Wildman–Crippen LogP) is 3.81. The second kappa shape index (κ2) is 6.59. The number of benzene rings is 1. The van der Waals surface area contributed by atoms with Crippen molar-refractivity contribution in [3.05, 3.63) is 35.4 Å². The van der Waals surface area contributed by atoms with E-state index in [1.54, 1.807) is 7.05 Å². The summed E-state index contributed by atoms with van der Waals surface area (Å²) < 4.78 is 27.0. The number of unbranched alkanes of at least 4 members (excludes halogenated alkanes) is 2. The maximum atomic E-state index is 13.5. The molecule has 0 fully saturated rings. The standard InChI is InChI=1S/C13H19F2N/c1-3-4-5-9-12(16-2)13-10(14)7-6-8-11(13)15/h6-8,12,16H,3-5,9H2,1-2H3. The quantitative estimate of drug-likeness (QED) is 0.729. The van der Waals surface area contributed by atoms with E-state index in [9.17, 15) is 8.78 Å². The number of halogens is 2. The molecule has 1 rings (SSSR count). The third kappa shape index (κ3) is 3.27. The molecule has 1 N–H and O–H groups in total. The highest BCUT2D eigenvalue weighted by Crippen LogP contribution is 2.24. The van der Waals surface area contributed by atoms with Gasteiger partial charge in [-0.2, -0.15) is 0 Å². The van der Waals surface area contributed by atoms with E-state index >= 15 is 0 Å². The first-order valence-electron chi connectivity index (χ1n) is 5.81. The zero-order valence-corrected chi connectivity index (χ0v) is 9.89. The number of rotatable bonds is 6. The van der Waals surface area contributed by atoms with Crippen molar-refractivity contribution in [2.24, 2.45) is 0 Å². The van der Waals surface area contributed by atoms with Gasteiger partial charge in [-0.1, -0.05) is 32.3 Å². The lowest BCUT2D eigenvalue weighted by atomic mass is 9.99. The van der Waals surface area contributed by atoms with Gasteiger partial charge in [0.05, 0.1) is 0 Å². The van der Waals surface area contributed by atoms with Crippen LogP contribution >= 0.6 is 0 Å². The monoisotopic (exact) mass is 227 g/mol. The molecule has 0 radical (unpaired) electrons. The van der Waals surface area contributed by atoms with Gasteiger partial charge in [0, 0.05) is 11.6 Å². The summed E-state index contributed by atoms with van der Waals surface area (Å²) in [6.45, 7) is 2.11. The average Bonchev–Trinajstić information content (AvgIpc) is 2.26. The van der Waals surface area contributed by atoms with Crippen molar-refractivity contribution in [3.63, 3.8) is 0 Å². The second-order valence-electron chi connectivity index (χ2n) is 3.97. The summed E-state index contributed by atoms with van der Waals surface area (Å²) in [6.07, 6.45) is 3.95. The van der Waals surface area contributed by atoms with Crippen LogP contribution in [-0.2, 0) is 0 Å². The van der Waals surface area contributed by atoms with E-state index in [1.165, 1.54) is 18.2 Å². The van der Waals surface area contributed by atoms with Crippen LogP contribution in [0.25, 0.3) is 0 Å². The van der Waals surface area contributed by atoms with E-state index in [2.05, 4.69) is 12.2 Å². The molecule has 1 aromatic carbocycles. The fourth-order valence-corrected chi connectivity index (χ4v) is 1.88. The first kappa shape index (κ1) is 13.1. The first-order chi connectivity index (χ1) is 7.70. The van der Waals surface area contributed by atoms with Crippen molar-refractivity contribution < 1.29 is 8.78 Å². The Labute approximate surface area is 95.9 Å². The summed E-state index contributed by atoms with van der Waals surface area (Å²) in [5, 5.41) is 2.98. The lowest BCUT2D eigenvalue weighted by Gasteiger charge is -2.17. The minimum Gasteiger partial charge on any atom is -0.313 e. The zero-order chi connectivity index (χ0) is 12.0. The molecule has 0 bridgehead atoms. The molecule has 1 atom stereocenters. The summed E-state index contributed by atoms with van der Waals surface area (Å²) >= 11 is 0. The molecule has 16 heavy (non-hydrogen) atoms.